The monoisotopic (exact) mass is 458 g/mol. The average Bonchev–Trinajstić information content (AvgIpc) is 3.22. The van der Waals surface area contributed by atoms with Crippen LogP contribution in [0.15, 0.2) is 54.6 Å². The maximum atomic E-state index is 13.0. The molecule has 2 aliphatic rings. The number of benzene rings is 2. The van der Waals surface area contributed by atoms with Crippen LogP contribution in [0.4, 0.5) is 10.5 Å². The Kier molecular flexibility index (Phi) is 5.61. The fraction of sp³-hybridized carbons (Fsp3) is 0.320. The summed E-state index contributed by atoms with van der Waals surface area (Å²) in [5.74, 6) is 0.847. The van der Waals surface area contributed by atoms with Gasteiger partial charge in [-0.2, -0.15) is 0 Å². The van der Waals surface area contributed by atoms with Crippen LogP contribution in [0, 0.1) is 0 Å². The molecule has 5 rings (SSSR count). The second-order valence-corrected chi connectivity index (χ2v) is 8.84. The Balaban J connectivity index is 1.30. The third-order valence-electron chi connectivity index (χ3n) is 6.44. The number of anilines is 1. The largest absolute Gasteiger partial charge is 0.325 e. The number of rotatable bonds is 5. The number of imide groups is 1. The number of aromatic nitrogens is 3. The predicted molar refractivity (Wildman–Crippen MR) is 126 cm³/mol. The molecule has 0 spiro atoms. The second-order valence-electron chi connectivity index (χ2n) is 8.84. The first kappa shape index (κ1) is 21.8. The van der Waals surface area contributed by atoms with E-state index in [0.717, 1.165) is 47.9 Å². The van der Waals surface area contributed by atoms with Crippen molar-refractivity contribution < 1.29 is 14.4 Å². The zero-order valence-electron chi connectivity index (χ0n) is 19.0. The van der Waals surface area contributed by atoms with E-state index in [0.29, 0.717) is 11.3 Å². The minimum absolute atomic E-state index is 0.377. The number of fused-ring (bicyclic) bond motifs is 1. The van der Waals surface area contributed by atoms with E-state index in [2.05, 4.69) is 25.4 Å². The summed E-state index contributed by atoms with van der Waals surface area (Å²) >= 11 is 0. The van der Waals surface area contributed by atoms with E-state index in [4.69, 9.17) is 0 Å². The highest BCUT2D eigenvalue weighted by atomic mass is 16.2. The smallest absolute Gasteiger partial charge is 0.325 e. The highest BCUT2D eigenvalue weighted by molar-refractivity contribution is 6.10. The van der Waals surface area contributed by atoms with Crippen LogP contribution in [0.5, 0.6) is 0 Å². The summed E-state index contributed by atoms with van der Waals surface area (Å²) in [6, 6.07) is 15.8. The maximum Gasteiger partial charge on any atom is 0.325 e. The van der Waals surface area contributed by atoms with Gasteiger partial charge in [0.2, 0.25) is 5.91 Å². The molecule has 1 atom stereocenters. The average molecular weight is 459 g/mol. The molecule has 9 heteroatoms. The lowest BCUT2D eigenvalue weighted by molar-refractivity contribution is -0.133. The Morgan fingerprint density at radius 1 is 1.06 bits per heavy atom. The normalized spacial score (nSPS) is 20.0. The molecule has 0 aliphatic carbocycles. The number of hydrogen-bond donors (Lipinski definition) is 2. The van der Waals surface area contributed by atoms with E-state index in [1.807, 2.05) is 24.3 Å². The molecule has 1 fully saturated rings. The highest BCUT2D eigenvalue weighted by Gasteiger charge is 2.49. The zero-order chi connectivity index (χ0) is 23.7. The van der Waals surface area contributed by atoms with E-state index in [1.165, 1.54) is 6.42 Å². The molecule has 3 aromatic rings. The first-order valence-electron chi connectivity index (χ1n) is 11.5. The van der Waals surface area contributed by atoms with Gasteiger partial charge in [-0.1, -0.05) is 48.9 Å². The minimum atomic E-state index is -1.20. The van der Waals surface area contributed by atoms with Crippen molar-refractivity contribution in [3.63, 3.8) is 0 Å². The fourth-order valence-corrected chi connectivity index (χ4v) is 4.59. The Labute approximate surface area is 197 Å². The van der Waals surface area contributed by atoms with Gasteiger partial charge in [0.15, 0.2) is 5.82 Å². The van der Waals surface area contributed by atoms with Crippen molar-refractivity contribution >= 4 is 23.5 Å². The van der Waals surface area contributed by atoms with E-state index in [9.17, 15) is 14.4 Å². The summed E-state index contributed by atoms with van der Waals surface area (Å²) in [5, 5.41) is 14.2. The molecule has 9 nitrogen and oxygen atoms in total. The number of amides is 4. The minimum Gasteiger partial charge on any atom is -0.325 e. The lowest BCUT2D eigenvalue weighted by Crippen LogP contribution is -2.42. The molecule has 2 aliphatic heterocycles. The van der Waals surface area contributed by atoms with Crippen molar-refractivity contribution in [2.45, 2.75) is 44.7 Å². The van der Waals surface area contributed by atoms with E-state index >= 15 is 0 Å². The van der Waals surface area contributed by atoms with Crippen LogP contribution in [0.1, 0.15) is 37.6 Å². The summed E-state index contributed by atoms with van der Waals surface area (Å²) in [7, 11) is 0. The second kappa shape index (κ2) is 8.74. The summed E-state index contributed by atoms with van der Waals surface area (Å²) < 4.78 is 2.14. The summed E-state index contributed by atoms with van der Waals surface area (Å²) in [6.07, 6.45) is 4.28. The van der Waals surface area contributed by atoms with Crippen LogP contribution in [-0.4, -0.2) is 44.1 Å². The van der Waals surface area contributed by atoms with Gasteiger partial charge in [-0.3, -0.25) is 14.5 Å². The first-order chi connectivity index (χ1) is 16.5. The van der Waals surface area contributed by atoms with Gasteiger partial charge in [-0.05, 0) is 37.5 Å². The van der Waals surface area contributed by atoms with Crippen molar-refractivity contribution in [2.24, 2.45) is 0 Å². The molecule has 1 saturated heterocycles. The van der Waals surface area contributed by atoms with Crippen molar-refractivity contribution in [1.29, 1.82) is 0 Å². The number of nitrogens with one attached hydrogen (secondary N) is 2. The maximum absolute atomic E-state index is 13.0. The Hall–Kier alpha value is -4.01. The van der Waals surface area contributed by atoms with Crippen LogP contribution in [0.3, 0.4) is 0 Å². The van der Waals surface area contributed by atoms with Gasteiger partial charge < -0.3 is 15.2 Å². The molecule has 3 heterocycles. The van der Waals surface area contributed by atoms with Gasteiger partial charge in [-0.25, -0.2) is 4.79 Å². The third kappa shape index (κ3) is 3.93. The number of carbonyl (C=O) groups is 3. The summed E-state index contributed by atoms with van der Waals surface area (Å²) in [6.45, 7) is 2.14. The lowest BCUT2D eigenvalue weighted by atomic mass is 9.92. The van der Waals surface area contributed by atoms with Crippen LogP contribution in [-0.2, 0) is 28.1 Å². The SMILES string of the molecule is CC1(c2ccccc2)NC(=O)N(CC(=O)Nc2cccc(-c3nnc4n3CCCCC4)c2)C1=O. The van der Waals surface area contributed by atoms with Gasteiger partial charge in [0, 0.05) is 24.2 Å². The van der Waals surface area contributed by atoms with Crippen molar-refractivity contribution in [2.75, 3.05) is 11.9 Å². The van der Waals surface area contributed by atoms with Crippen LogP contribution < -0.4 is 10.6 Å². The molecule has 0 bridgehead atoms. The zero-order valence-corrected chi connectivity index (χ0v) is 19.0. The standard InChI is InChI=1S/C25H26N6O3/c1-25(18-10-4-2-5-11-18)23(33)31(24(34)27-25)16-21(32)26-19-12-8-9-17(15-19)22-29-28-20-13-6-3-7-14-30(20)22/h2,4-5,8-12,15H,3,6-7,13-14,16H2,1H3,(H,26,32)(H,27,34). The van der Waals surface area contributed by atoms with E-state index in [1.54, 1.807) is 37.3 Å². The molecule has 4 amide bonds. The highest BCUT2D eigenvalue weighted by Crippen LogP contribution is 2.29. The molecule has 0 saturated carbocycles. The molecule has 2 aromatic carbocycles. The Morgan fingerprint density at radius 2 is 1.88 bits per heavy atom. The molecule has 0 radical (unpaired) electrons. The van der Waals surface area contributed by atoms with Gasteiger partial charge in [0.25, 0.3) is 5.91 Å². The van der Waals surface area contributed by atoms with E-state index in [-0.39, 0.29) is 6.54 Å². The van der Waals surface area contributed by atoms with Gasteiger partial charge in [0.05, 0.1) is 0 Å². The van der Waals surface area contributed by atoms with Crippen molar-refractivity contribution in [3.8, 4) is 11.4 Å². The number of aryl methyl sites for hydroxylation is 1. The quantitative estimate of drug-likeness (QED) is 0.571. The summed E-state index contributed by atoms with van der Waals surface area (Å²) in [4.78, 5) is 39.3. The Morgan fingerprint density at radius 3 is 2.71 bits per heavy atom. The molecule has 34 heavy (non-hydrogen) atoms. The van der Waals surface area contributed by atoms with Gasteiger partial charge in [0.1, 0.15) is 17.9 Å². The van der Waals surface area contributed by atoms with Crippen molar-refractivity contribution in [3.05, 3.63) is 66.0 Å². The third-order valence-corrected chi connectivity index (χ3v) is 6.44. The van der Waals surface area contributed by atoms with Crippen LogP contribution in [0.25, 0.3) is 11.4 Å². The molecule has 2 N–H and O–H groups in total. The number of nitrogens with zero attached hydrogens (tertiary/aromatic N) is 4. The Bertz CT molecular complexity index is 1250. The molecule has 1 aromatic heterocycles. The lowest BCUT2D eigenvalue weighted by Gasteiger charge is -2.22. The number of carbonyl (C=O) groups excluding carboxylic acids is 3. The van der Waals surface area contributed by atoms with Crippen LogP contribution >= 0.6 is 0 Å². The fourth-order valence-electron chi connectivity index (χ4n) is 4.59. The molecular weight excluding hydrogens is 432 g/mol. The first-order valence-corrected chi connectivity index (χ1v) is 11.5. The summed E-state index contributed by atoms with van der Waals surface area (Å²) in [5.41, 5.74) is 0.872. The van der Waals surface area contributed by atoms with Gasteiger partial charge in [-0.15, -0.1) is 10.2 Å². The molecule has 174 valence electrons. The molecule has 1 unspecified atom stereocenters. The van der Waals surface area contributed by atoms with Crippen molar-refractivity contribution in [1.82, 2.24) is 25.0 Å². The molecular formula is C25H26N6O3. The van der Waals surface area contributed by atoms with Gasteiger partial charge >= 0.3 is 6.03 Å². The number of hydrogen-bond acceptors (Lipinski definition) is 5. The van der Waals surface area contributed by atoms with Crippen LogP contribution in [0.2, 0.25) is 0 Å². The predicted octanol–water partition coefficient (Wildman–Crippen LogP) is 3.08. The topological polar surface area (TPSA) is 109 Å². The number of urea groups is 1. The van der Waals surface area contributed by atoms with E-state index < -0.39 is 23.4 Å².